The molecular formula is C21H23BN10O2. The van der Waals surface area contributed by atoms with E-state index in [4.69, 9.17) is 7.85 Å². The lowest BCUT2D eigenvalue weighted by Crippen LogP contribution is -2.32. The Morgan fingerprint density at radius 2 is 2.03 bits per heavy atom. The first-order chi connectivity index (χ1) is 16.3. The molecule has 1 unspecified atom stereocenters. The number of nitrogens with zero attached hydrogens (tertiary/aromatic N) is 9. The minimum Gasteiger partial charge on any atom is -0.376 e. The second-order valence-corrected chi connectivity index (χ2v) is 8.03. The molecule has 4 aromatic heterocycles. The highest BCUT2D eigenvalue weighted by Crippen LogP contribution is 2.22. The van der Waals surface area contributed by atoms with Crippen molar-refractivity contribution >= 4 is 31.5 Å². The molecule has 34 heavy (non-hydrogen) atoms. The van der Waals surface area contributed by atoms with Crippen LogP contribution in [0.4, 0.5) is 11.8 Å². The van der Waals surface area contributed by atoms with Gasteiger partial charge in [0.15, 0.2) is 23.5 Å². The Kier molecular flexibility index (Phi) is 6.48. The maximum Gasteiger partial charge on any atom is 0.228 e. The SMILES string of the molecule is [B]c1cc(-c2cccc(-n3cc(C(O)(C=O)CCN(C)C)nn3)n2)nc(Nc2ccn(C)n2)n1. The number of carbonyl (C=O) groups is 1. The normalized spacial score (nSPS) is 13.1. The van der Waals surface area contributed by atoms with Crippen LogP contribution in [0.3, 0.4) is 0 Å². The molecule has 2 N–H and O–H groups in total. The lowest BCUT2D eigenvalue weighted by atomic mass is 9.98. The number of anilines is 2. The summed E-state index contributed by atoms with van der Waals surface area (Å²) >= 11 is 0. The summed E-state index contributed by atoms with van der Waals surface area (Å²) in [4.78, 5) is 26.8. The molecule has 4 rings (SSSR count). The minimum atomic E-state index is -1.74. The summed E-state index contributed by atoms with van der Waals surface area (Å²) in [5.41, 5.74) is -0.331. The third kappa shape index (κ3) is 5.16. The summed E-state index contributed by atoms with van der Waals surface area (Å²) in [5.74, 6) is 1.28. The van der Waals surface area contributed by atoms with E-state index in [1.54, 1.807) is 48.3 Å². The number of aldehydes is 1. The molecule has 0 aromatic carbocycles. The van der Waals surface area contributed by atoms with Crippen molar-refractivity contribution in [3.63, 3.8) is 0 Å². The summed E-state index contributed by atoms with van der Waals surface area (Å²) in [6.45, 7) is 0.500. The van der Waals surface area contributed by atoms with Crippen LogP contribution < -0.4 is 10.9 Å². The zero-order chi connectivity index (χ0) is 24.3. The highest BCUT2D eigenvalue weighted by atomic mass is 16.3. The number of aromatic nitrogens is 8. The van der Waals surface area contributed by atoms with Gasteiger partial charge >= 0.3 is 0 Å². The van der Waals surface area contributed by atoms with Crippen molar-refractivity contribution in [2.24, 2.45) is 7.05 Å². The van der Waals surface area contributed by atoms with Gasteiger partial charge in [0, 0.05) is 32.3 Å². The van der Waals surface area contributed by atoms with Gasteiger partial charge in [0.05, 0.1) is 17.6 Å². The predicted molar refractivity (Wildman–Crippen MR) is 125 cm³/mol. The molecule has 12 nitrogen and oxygen atoms in total. The van der Waals surface area contributed by atoms with E-state index in [-0.39, 0.29) is 23.7 Å². The lowest BCUT2D eigenvalue weighted by molar-refractivity contribution is -0.126. The van der Waals surface area contributed by atoms with Crippen molar-refractivity contribution < 1.29 is 9.90 Å². The number of carbonyl (C=O) groups excluding carboxylic acids is 1. The van der Waals surface area contributed by atoms with E-state index in [1.807, 2.05) is 19.0 Å². The maximum absolute atomic E-state index is 11.6. The van der Waals surface area contributed by atoms with E-state index < -0.39 is 5.60 Å². The van der Waals surface area contributed by atoms with E-state index in [9.17, 15) is 9.90 Å². The van der Waals surface area contributed by atoms with E-state index in [0.717, 1.165) is 0 Å². The third-order valence-corrected chi connectivity index (χ3v) is 5.00. The summed E-state index contributed by atoms with van der Waals surface area (Å²) in [6, 6.07) is 8.66. The van der Waals surface area contributed by atoms with Crippen LogP contribution in [-0.4, -0.2) is 84.5 Å². The molecule has 0 aliphatic heterocycles. The van der Waals surface area contributed by atoms with E-state index >= 15 is 0 Å². The molecule has 0 bridgehead atoms. The van der Waals surface area contributed by atoms with Crippen LogP contribution in [0.1, 0.15) is 12.1 Å². The number of aryl methyl sites for hydroxylation is 1. The number of rotatable bonds is 9. The van der Waals surface area contributed by atoms with Gasteiger partial charge in [0.2, 0.25) is 5.95 Å². The Bertz CT molecular complexity index is 1300. The van der Waals surface area contributed by atoms with Crippen molar-refractivity contribution in [3.05, 3.63) is 48.4 Å². The zero-order valence-electron chi connectivity index (χ0n) is 19.0. The molecule has 0 aliphatic rings. The Labute approximate surface area is 197 Å². The van der Waals surface area contributed by atoms with Gasteiger partial charge in [-0.3, -0.25) is 9.48 Å². The van der Waals surface area contributed by atoms with Gasteiger partial charge in [-0.15, -0.1) is 5.10 Å². The smallest absolute Gasteiger partial charge is 0.228 e. The van der Waals surface area contributed by atoms with Crippen molar-refractivity contribution in [1.82, 2.24) is 44.6 Å². The van der Waals surface area contributed by atoms with Gasteiger partial charge in [-0.25, -0.2) is 19.6 Å². The largest absolute Gasteiger partial charge is 0.376 e. The number of hydrogen-bond acceptors (Lipinski definition) is 10. The van der Waals surface area contributed by atoms with Crippen LogP contribution in [0.5, 0.6) is 0 Å². The van der Waals surface area contributed by atoms with Crippen molar-refractivity contribution in [1.29, 1.82) is 0 Å². The second-order valence-electron chi connectivity index (χ2n) is 8.03. The van der Waals surface area contributed by atoms with Gasteiger partial charge in [0.1, 0.15) is 13.5 Å². The molecule has 2 radical (unpaired) electrons. The van der Waals surface area contributed by atoms with Gasteiger partial charge in [-0.1, -0.05) is 11.3 Å². The third-order valence-electron chi connectivity index (χ3n) is 5.00. The quantitative estimate of drug-likeness (QED) is 0.254. The summed E-state index contributed by atoms with van der Waals surface area (Å²) in [6.07, 6.45) is 3.94. The first-order valence-electron chi connectivity index (χ1n) is 10.4. The molecular weight excluding hydrogens is 435 g/mol. The average Bonchev–Trinajstić information content (AvgIpc) is 3.47. The fourth-order valence-electron chi connectivity index (χ4n) is 3.16. The topological polar surface area (TPSA) is 140 Å². The molecule has 0 saturated heterocycles. The summed E-state index contributed by atoms with van der Waals surface area (Å²) in [7, 11) is 11.5. The molecule has 13 heteroatoms. The Balaban J connectivity index is 1.61. The Morgan fingerprint density at radius 1 is 1.21 bits per heavy atom. The van der Waals surface area contributed by atoms with E-state index in [0.29, 0.717) is 35.9 Å². The fraction of sp³-hybridized carbons (Fsp3) is 0.286. The Hall–Kier alpha value is -3.97. The van der Waals surface area contributed by atoms with Gasteiger partial charge < -0.3 is 15.3 Å². The zero-order valence-corrected chi connectivity index (χ0v) is 19.0. The summed E-state index contributed by atoms with van der Waals surface area (Å²) < 4.78 is 3.04. The average molecular weight is 458 g/mol. The van der Waals surface area contributed by atoms with Crippen LogP contribution in [-0.2, 0) is 17.4 Å². The molecule has 0 amide bonds. The van der Waals surface area contributed by atoms with Crippen LogP contribution in [0.25, 0.3) is 17.2 Å². The second kappa shape index (κ2) is 9.49. The van der Waals surface area contributed by atoms with Gasteiger partial charge in [0.25, 0.3) is 0 Å². The Morgan fingerprint density at radius 3 is 2.74 bits per heavy atom. The van der Waals surface area contributed by atoms with E-state index in [1.165, 1.54) is 10.9 Å². The van der Waals surface area contributed by atoms with Crippen LogP contribution >= 0.6 is 0 Å². The standard InChI is InChI=1S/C21H23BN10O2/c1-30(2)10-8-21(34,13-33)16-12-32(29-27-16)19-6-4-5-14(23-19)15-11-17(22)25-20(24-15)26-18-7-9-31(3)28-18/h4-7,9,11-13,34H,8,10H2,1-3H3,(H,24,25,26,28). The monoisotopic (exact) mass is 458 g/mol. The van der Waals surface area contributed by atoms with Crippen molar-refractivity contribution in [2.45, 2.75) is 12.0 Å². The van der Waals surface area contributed by atoms with E-state index in [2.05, 4.69) is 35.7 Å². The van der Waals surface area contributed by atoms with Gasteiger partial charge in [-0.05, 0) is 37.9 Å². The number of hydrogen-bond donors (Lipinski definition) is 2. The maximum atomic E-state index is 11.6. The predicted octanol–water partition coefficient (Wildman–Crippen LogP) is -0.272. The van der Waals surface area contributed by atoms with Crippen molar-refractivity contribution in [2.75, 3.05) is 26.0 Å². The first kappa shape index (κ1) is 23.2. The fourth-order valence-corrected chi connectivity index (χ4v) is 3.16. The molecule has 0 saturated carbocycles. The highest BCUT2D eigenvalue weighted by Gasteiger charge is 2.32. The number of pyridine rings is 1. The molecule has 0 fully saturated rings. The summed E-state index contributed by atoms with van der Waals surface area (Å²) in [5, 5.41) is 26.1. The highest BCUT2D eigenvalue weighted by molar-refractivity contribution is 6.31. The molecule has 0 aliphatic carbocycles. The van der Waals surface area contributed by atoms with Gasteiger partial charge in [-0.2, -0.15) is 5.10 Å². The number of nitrogens with one attached hydrogen (secondary N) is 1. The van der Waals surface area contributed by atoms with Crippen molar-refractivity contribution in [3.8, 4) is 17.2 Å². The molecule has 172 valence electrons. The van der Waals surface area contributed by atoms with Crippen LogP contribution in [0.15, 0.2) is 42.7 Å². The number of aliphatic hydroxyl groups is 1. The molecule has 1 atom stereocenters. The van der Waals surface area contributed by atoms with Crippen LogP contribution in [0, 0.1) is 0 Å². The molecule has 4 aromatic rings. The first-order valence-corrected chi connectivity index (χ1v) is 10.4. The minimum absolute atomic E-state index is 0.143. The lowest BCUT2D eigenvalue weighted by Gasteiger charge is -2.20. The van der Waals surface area contributed by atoms with Crippen LogP contribution in [0.2, 0.25) is 0 Å². The molecule has 0 spiro atoms. The molecule has 4 heterocycles.